The van der Waals surface area contributed by atoms with Crippen LogP contribution in [-0.2, 0) is 6.54 Å². The Labute approximate surface area is 147 Å². The third kappa shape index (κ3) is 4.49. The molecule has 1 aromatic rings. The lowest BCUT2D eigenvalue weighted by atomic mass is 9.82. The molecule has 0 spiro atoms. The summed E-state index contributed by atoms with van der Waals surface area (Å²) < 4.78 is 0. The van der Waals surface area contributed by atoms with Crippen molar-refractivity contribution in [3.63, 3.8) is 0 Å². The van der Waals surface area contributed by atoms with E-state index in [0.717, 1.165) is 32.2 Å². The van der Waals surface area contributed by atoms with Crippen molar-refractivity contribution in [2.24, 2.45) is 0 Å². The largest absolute Gasteiger partial charge is 0.390 e. The van der Waals surface area contributed by atoms with Crippen molar-refractivity contribution in [1.29, 1.82) is 0 Å². The second-order valence-electron chi connectivity index (χ2n) is 7.92. The van der Waals surface area contributed by atoms with Crippen LogP contribution in [0.1, 0.15) is 69.8 Å². The minimum atomic E-state index is -0.405. The lowest BCUT2D eigenvalue weighted by molar-refractivity contribution is -0.0611. The zero-order chi connectivity index (χ0) is 16.8. The summed E-state index contributed by atoms with van der Waals surface area (Å²) in [6.45, 7) is 4.83. The van der Waals surface area contributed by atoms with Crippen LogP contribution in [0.5, 0.6) is 0 Å². The van der Waals surface area contributed by atoms with Crippen LogP contribution in [0, 0.1) is 0 Å². The van der Waals surface area contributed by atoms with E-state index >= 15 is 0 Å². The third-order valence-electron chi connectivity index (χ3n) is 6.01. The molecule has 2 atom stereocenters. The number of piperidine rings is 1. The summed E-state index contributed by atoms with van der Waals surface area (Å²) in [5.41, 5.74) is 0.999. The second-order valence-corrected chi connectivity index (χ2v) is 7.92. The normalized spacial score (nSPS) is 29.7. The molecule has 2 aliphatic heterocycles. The van der Waals surface area contributed by atoms with Gasteiger partial charge in [-0.15, -0.1) is 6.58 Å². The molecule has 0 radical (unpaired) electrons. The quantitative estimate of drug-likeness (QED) is 0.505. The van der Waals surface area contributed by atoms with E-state index in [-0.39, 0.29) is 0 Å². The van der Waals surface area contributed by atoms with Crippen LogP contribution in [0.4, 0.5) is 0 Å². The maximum Gasteiger partial charge on any atom is 0.0677 e. The molecule has 0 aromatic heterocycles. The molecule has 0 amide bonds. The Bertz CT molecular complexity index is 498. The Balaban J connectivity index is 1.48. The predicted octanol–water partition coefficient (Wildman–Crippen LogP) is 5.07. The topological polar surface area (TPSA) is 23.5 Å². The summed E-state index contributed by atoms with van der Waals surface area (Å²) in [5.74, 6) is 0. The third-order valence-corrected chi connectivity index (χ3v) is 6.01. The number of rotatable bonds is 9. The molecular weight excluding hydrogens is 294 g/mol. The van der Waals surface area contributed by atoms with E-state index in [1.54, 1.807) is 0 Å². The first-order valence-corrected chi connectivity index (χ1v) is 9.83. The van der Waals surface area contributed by atoms with E-state index in [1.807, 2.05) is 6.08 Å². The molecular formula is C22H33NO. The van der Waals surface area contributed by atoms with Gasteiger partial charge in [0.25, 0.3) is 0 Å². The van der Waals surface area contributed by atoms with E-state index in [0.29, 0.717) is 12.1 Å². The van der Waals surface area contributed by atoms with E-state index in [2.05, 4.69) is 41.8 Å². The first-order chi connectivity index (χ1) is 11.7. The van der Waals surface area contributed by atoms with Gasteiger partial charge >= 0.3 is 0 Å². The molecule has 2 unspecified atom stereocenters. The highest BCUT2D eigenvalue weighted by Gasteiger charge is 2.46. The lowest BCUT2D eigenvalue weighted by Crippen LogP contribution is -2.50. The summed E-state index contributed by atoms with van der Waals surface area (Å²) in [6, 6.07) is 12.0. The molecule has 2 aliphatic rings. The van der Waals surface area contributed by atoms with Gasteiger partial charge in [-0.25, -0.2) is 0 Å². The number of allylic oxidation sites excluding steroid dienone is 1. The fourth-order valence-corrected chi connectivity index (χ4v) is 4.77. The van der Waals surface area contributed by atoms with Crippen LogP contribution < -0.4 is 0 Å². The average molecular weight is 328 g/mol. The standard InChI is InChI=1S/C22H33NO/c1-2-3-4-5-6-10-15-22(24)16-20-13-14-21(17-22)23(20)18-19-11-8-7-9-12-19/h2,7-9,11-12,20-21,24H,1,3-6,10,13-18H2. The zero-order valence-electron chi connectivity index (χ0n) is 15.0. The van der Waals surface area contributed by atoms with Crippen molar-refractivity contribution in [3.05, 3.63) is 48.6 Å². The van der Waals surface area contributed by atoms with Gasteiger partial charge in [-0.05, 0) is 50.5 Å². The summed E-state index contributed by atoms with van der Waals surface area (Å²) >= 11 is 0. The van der Waals surface area contributed by atoms with Gasteiger partial charge in [-0.3, -0.25) is 4.90 Å². The number of unbranched alkanes of at least 4 members (excludes halogenated alkanes) is 4. The molecule has 1 N–H and O–H groups in total. The Hall–Kier alpha value is -1.12. The van der Waals surface area contributed by atoms with Crippen LogP contribution in [-0.4, -0.2) is 27.7 Å². The number of benzene rings is 1. The van der Waals surface area contributed by atoms with Gasteiger partial charge < -0.3 is 5.11 Å². The van der Waals surface area contributed by atoms with Crippen molar-refractivity contribution in [3.8, 4) is 0 Å². The molecule has 0 saturated carbocycles. The Kier molecular flexibility index (Phi) is 6.13. The van der Waals surface area contributed by atoms with Crippen LogP contribution in [0.15, 0.2) is 43.0 Å². The highest BCUT2D eigenvalue weighted by Crippen LogP contribution is 2.43. The van der Waals surface area contributed by atoms with Crippen molar-refractivity contribution < 1.29 is 5.11 Å². The minimum absolute atomic E-state index is 0.405. The van der Waals surface area contributed by atoms with Crippen molar-refractivity contribution in [2.75, 3.05) is 0 Å². The van der Waals surface area contributed by atoms with Gasteiger partial charge in [0.05, 0.1) is 5.60 Å². The van der Waals surface area contributed by atoms with Crippen LogP contribution in [0.2, 0.25) is 0 Å². The zero-order valence-corrected chi connectivity index (χ0v) is 15.0. The first kappa shape index (κ1) is 17.7. The molecule has 3 rings (SSSR count). The molecule has 2 heterocycles. The van der Waals surface area contributed by atoms with Gasteiger partial charge in [0, 0.05) is 18.6 Å². The summed E-state index contributed by atoms with van der Waals surface area (Å²) in [5, 5.41) is 11.1. The summed E-state index contributed by atoms with van der Waals surface area (Å²) in [6.07, 6.45) is 13.5. The molecule has 2 saturated heterocycles. The molecule has 0 aliphatic carbocycles. The van der Waals surface area contributed by atoms with Gasteiger partial charge in [-0.2, -0.15) is 0 Å². The van der Waals surface area contributed by atoms with Crippen LogP contribution in [0.25, 0.3) is 0 Å². The number of hydrogen-bond donors (Lipinski definition) is 1. The van der Waals surface area contributed by atoms with E-state index in [4.69, 9.17) is 0 Å². The Morgan fingerprint density at radius 3 is 2.38 bits per heavy atom. The molecule has 2 fully saturated rings. The SMILES string of the molecule is C=CCCCCCCC1(O)CC2CCC(C1)N2Cc1ccccc1. The van der Waals surface area contributed by atoms with Gasteiger partial charge in [-0.1, -0.05) is 55.7 Å². The highest BCUT2D eigenvalue weighted by molar-refractivity contribution is 5.16. The van der Waals surface area contributed by atoms with Gasteiger partial charge in [0.15, 0.2) is 0 Å². The van der Waals surface area contributed by atoms with E-state index in [1.165, 1.54) is 44.1 Å². The first-order valence-electron chi connectivity index (χ1n) is 9.83. The predicted molar refractivity (Wildman–Crippen MR) is 101 cm³/mol. The van der Waals surface area contributed by atoms with Crippen molar-refractivity contribution in [2.45, 2.75) is 88.4 Å². The fourth-order valence-electron chi connectivity index (χ4n) is 4.77. The maximum atomic E-state index is 11.1. The Morgan fingerprint density at radius 2 is 1.71 bits per heavy atom. The van der Waals surface area contributed by atoms with E-state index in [9.17, 15) is 5.11 Å². The maximum absolute atomic E-state index is 11.1. The van der Waals surface area contributed by atoms with Crippen LogP contribution >= 0.6 is 0 Å². The molecule has 24 heavy (non-hydrogen) atoms. The van der Waals surface area contributed by atoms with E-state index < -0.39 is 5.60 Å². The Morgan fingerprint density at radius 1 is 1.04 bits per heavy atom. The number of aliphatic hydroxyl groups is 1. The number of nitrogens with zero attached hydrogens (tertiary/aromatic N) is 1. The average Bonchev–Trinajstić information content (AvgIpc) is 2.83. The molecule has 132 valence electrons. The lowest BCUT2D eigenvalue weighted by Gasteiger charge is -2.44. The smallest absolute Gasteiger partial charge is 0.0677 e. The minimum Gasteiger partial charge on any atom is -0.390 e. The molecule has 2 heteroatoms. The number of fused-ring (bicyclic) bond motifs is 2. The van der Waals surface area contributed by atoms with Gasteiger partial charge in [0.1, 0.15) is 0 Å². The van der Waals surface area contributed by atoms with Crippen molar-refractivity contribution >= 4 is 0 Å². The summed E-state index contributed by atoms with van der Waals surface area (Å²) in [7, 11) is 0. The number of hydrogen-bond acceptors (Lipinski definition) is 2. The fraction of sp³-hybridized carbons (Fsp3) is 0.636. The van der Waals surface area contributed by atoms with Crippen LogP contribution in [0.3, 0.4) is 0 Å². The molecule has 2 nitrogen and oxygen atoms in total. The van der Waals surface area contributed by atoms with Gasteiger partial charge in [0.2, 0.25) is 0 Å². The molecule has 2 bridgehead atoms. The summed E-state index contributed by atoms with van der Waals surface area (Å²) in [4.78, 5) is 2.66. The monoisotopic (exact) mass is 327 g/mol. The molecule has 1 aromatic carbocycles. The highest BCUT2D eigenvalue weighted by atomic mass is 16.3. The second kappa shape index (κ2) is 8.31. The van der Waals surface area contributed by atoms with Crippen molar-refractivity contribution in [1.82, 2.24) is 4.90 Å².